The van der Waals surface area contributed by atoms with Gasteiger partial charge in [0, 0.05) is 6.42 Å². The van der Waals surface area contributed by atoms with E-state index in [1.807, 2.05) is 18.2 Å². The van der Waals surface area contributed by atoms with Gasteiger partial charge in [0.2, 0.25) is 0 Å². The smallest absolute Gasteiger partial charge is 0.127 e. The normalized spacial score (nSPS) is 25.2. The second kappa shape index (κ2) is 8.70. The second-order valence-electron chi connectivity index (χ2n) is 7.19. The van der Waals surface area contributed by atoms with Gasteiger partial charge in [0.05, 0.1) is 12.2 Å². The molecule has 0 bridgehead atoms. The fourth-order valence-corrected chi connectivity index (χ4v) is 3.34. The molecule has 4 atom stereocenters. The molecule has 0 spiro atoms. The van der Waals surface area contributed by atoms with Crippen LogP contribution >= 0.6 is 0 Å². The highest BCUT2D eigenvalue weighted by molar-refractivity contribution is 5.34. The lowest BCUT2D eigenvalue weighted by molar-refractivity contribution is -0.157. The van der Waals surface area contributed by atoms with Gasteiger partial charge in [-0.3, -0.25) is 0 Å². The van der Waals surface area contributed by atoms with Crippen molar-refractivity contribution in [3.63, 3.8) is 0 Å². The molecule has 2 N–H and O–H groups in total. The van der Waals surface area contributed by atoms with Gasteiger partial charge in [0.15, 0.2) is 0 Å². The summed E-state index contributed by atoms with van der Waals surface area (Å²) in [6.07, 6.45) is -0.476. The van der Waals surface area contributed by atoms with Crippen LogP contribution in [-0.2, 0) is 17.6 Å². The first kappa shape index (κ1) is 19.6. The molecule has 144 valence electrons. The van der Waals surface area contributed by atoms with E-state index in [2.05, 4.69) is 43.8 Å². The maximum absolute atomic E-state index is 9.95. The molecule has 0 radical (unpaired) electrons. The Morgan fingerprint density at radius 3 is 2.48 bits per heavy atom. The SMILES string of the molecule is C=C(Oc1cccc(Cc2ccc(CC)cc2)c1)C1CC(O)[C@H](O)C(C)O1. The lowest BCUT2D eigenvalue weighted by Crippen LogP contribution is -2.47. The number of aliphatic hydroxyl groups excluding tert-OH is 2. The van der Waals surface area contributed by atoms with E-state index in [-0.39, 0.29) is 6.42 Å². The van der Waals surface area contributed by atoms with Crippen LogP contribution in [0, 0.1) is 0 Å². The summed E-state index contributed by atoms with van der Waals surface area (Å²) in [5, 5.41) is 19.8. The molecular weight excluding hydrogens is 340 g/mol. The van der Waals surface area contributed by atoms with Crippen LogP contribution in [0.2, 0.25) is 0 Å². The summed E-state index contributed by atoms with van der Waals surface area (Å²) in [5.74, 6) is 1.14. The molecule has 4 heteroatoms. The lowest BCUT2D eigenvalue weighted by atomic mass is 9.98. The van der Waals surface area contributed by atoms with Crippen molar-refractivity contribution in [3.8, 4) is 5.75 Å². The van der Waals surface area contributed by atoms with Crippen LogP contribution in [0.1, 0.15) is 37.0 Å². The van der Waals surface area contributed by atoms with E-state index < -0.39 is 24.4 Å². The van der Waals surface area contributed by atoms with Crippen LogP contribution in [-0.4, -0.2) is 34.6 Å². The minimum atomic E-state index is -0.878. The molecule has 1 aliphatic rings. The minimum Gasteiger partial charge on any atom is -0.460 e. The largest absolute Gasteiger partial charge is 0.460 e. The molecule has 0 aliphatic carbocycles. The molecule has 1 saturated heterocycles. The molecule has 0 aromatic heterocycles. The van der Waals surface area contributed by atoms with E-state index >= 15 is 0 Å². The summed E-state index contributed by atoms with van der Waals surface area (Å²) in [5.41, 5.74) is 3.74. The predicted molar refractivity (Wildman–Crippen MR) is 106 cm³/mol. The van der Waals surface area contributed by atoms with Gasteiger partial charge < -0.3 is 19.7 Å². The zero-order chi connectivity index (χ0) is 19.4. The van der Waals surface area contributed by atoms with E-state index in [9.17, 15) is 10.2 Å². The molecule has 1 fully saturated rings. The molecule has 2 aromatic rings. The Hall–Kier alpha value is -2.14. The number of aryl methyl sites for hydroxylation is 1. The Labute approximate surface area is 161 Å². The van der Waals surface area contributed by atoms with Gasteiger partial charge in [-0.25, -0.2) is 0 Å². The molecule has 1 aliphatic heterocycles. The Morgan fingerprint density at radius 2 is 1.81 bits per heavy atom. The highest BCUT2D eigenvalue weighted by Crippen LogP contribution is 2.27. The maximum Gasteiger partial charge on any atom is 0.127 e. The third kappa shape index (κ3) is 4.98. The van der Waals surface area contributed by atoms with Crippen LogP contribution in [0.4, 0.5) is 0 Å². The summed E-state index contributed by atoms with van der Waals surface area (Å²) >= 11 is 0. The Bertz CT molecular complexity index is 756. The molecule has 0 amide bonds. The van der Waals surface area contributed by atoms with Gasteiger partial charge in [0.25, 0.3) is 0 Å². The summed E-state index contributed by atoms with van der Waals surface area (Å²) < 4.78 is 11.6. The summed E-state index contributed by atoms with van der Waals surface area (Å²) in [6.45, 7) is 7.85. The molecule has 1 heterocycles. The van der Waals surface area contributed by atoms with Crippen molar-refractivity contribution in [3.05, 3.63) is 77.6 Å². The van der Waals surface area contributed by atoms with Gasteiger partial charge >= 0.3 is 0 Å². The summed E-state index contributed by atoms with van der Waals surface area (Å²) in [6, 6.07) is 16.6. The van der Waals surface area contributed by atoms with Gasteiger partial charge in [-0.1, -0.05) is 49.9 Å². The number of rotatable bonds is 6. The number of ether oxygens (including phenoxy) is 2. The minimum absolute atomic E-state index is 0.272. The van der Waals surface area contributed by atoms with Crippen molar-refractivity contribution in [2.75, 3.05) is 0 Å². The van der Waals surface area contributed by atoms with Crippen molar-refractivity contribution < 1.29 is 19.7 Å². The third-order valence-corrected chi connectivity index (χ3v) is 5.06. The van der Waals surface area contributed by atoms with E-state index in [1.165, 1.54) is 11.1 Å². The number of hydrogen-bond donors (Lipinski definition) is 2. The topological polar surface area (TPSA) is 58.9 Å². The number of aliphatic hydroxyl groups is 2. The summed E-state index contributed by atoms with van der Waals surface area (Å²) in [4.78, 5) is 0. The van der Waals surface area contributed by atoms with Crippen LogP contribution in [0.3, 0.4) is 0 Å². The number of hydrogen-bond acceptors (Lipinski definition) is 4. The molecule has 4 nitrogen and oxygen atoms in total. The van der Waals surface area contributed by atoms with Crippen LogP contribution < -0.4 is 4.74 Å². The first-order valence-electron chi connectivity index (χ1n) is 9.51. The first-order chi connectivity index (χ1) is 13.0. The highest BCUT2D eigenvalue weighted by Gasteiger charge is 2.35. The van der Waals surface area contributed by atoms with Crippen molar-refractivity contribution in [1.82, 2.24) is 0 Å². The average molecular weight is 368 g/mol. The zero-order valence-electron chi connectivity index (χ0n) is 16.0. The van der Waals surface area contributed by atoms with Crippen molar-refractivity contribution in [1.29, 1.82) is 0 Å². The van der Waals surface area contributed by atoms with Gasteiger partial charge in [-0.2, -0.15) is 0 Å². The molecule has 27 heavy (non-hydrogen) atoms. The first-order valence-corrected chi connectivity index (χ1v) is 9.51. The van der Waals surface area contributed by atoms with Crippen molar-refractivity contribution in [2.24, 2.45) is 0 Å². The van der Waals surface area contributed by atoms with Crippen LogP contribution in [0.15, 0.2) is 60.9 Å². The van der Waals surface area contributed by atoms with Crippen LogP contribution in [0.5, 0.6) is 5.75 Å². The maximum atomic E-state index is 9.95. The Morgan fingerprint density at radius 1 is 1.11 bits per heavy atom. The van der Waals surface area contributed by atoms with E-state index in [0.717, 1.165) is 18.4 Å². The number of benzene rings is 2. The van der Waals surface area contributed by atoms with Crippen molar-refractivity contribution >= 4 is 0 Å². The third-order valence-electron chi connectivity index (χ3n) is 5.06. The lowest BCUT2D eigenvalue weighted by Gasteiger charge is -2.35. The summed E-state index contributed by atoms with van der Waals surface area (Å²) in [7, 11) is 0. The predicted octanol–water partition coefficient (Wildman–Crippen LogP) is 3.63. The molecule has 3 rings (SSSR count). The molecule has 0 saturated carbocycles. The van der Waals surface area contributed by atoms with Gasteiger partial charge in [-0.15, -0.1) is 0 Å². The van der Waals surface area contributed by atoms with Gasteiger partial charge in [-0.05, 0) is 48.6 Å². The van der Waals surface area contributed by atoms with Crippen LogP contribution in [0.25, 0.3) is 0 Å². The van der Waals surface area contributed by atoms with Gasteiger partial charge in [0.1, 0.15) is 23.7 Å². The Balaban J connectivity index is 1.64. The zero-order valence-corrected chi connectivity index (χ0v) is 16.0. The van der Waals surface area contributed by atoms with E-state index in [4.69, 9.17) is 9.47 Å². The van der Waals surface area contributed by atoms with Crippen molar-refractivity contribution in [2.45, 2.75) is 57.5 Å². The quantitative estimate of drug-likeness (QED) is 0.765. The standard InChI is InChI=1S/C23H28O4/c1-4-17-8-10-18(11-9-17)12-19-6-5-7-20(13-19)26-15(2)22-14-21(24)23(25)16(3)27-22/h5-11,13,16,21-25H,2,4,12,14H2,1,3H3/t16?,21?,22?,23-/m1/s1. The molecular formula is C23H28O4. The fraction of sp³-hybridized carbons (Fsp3) is 0.391. The second-order valence-corrected chi connectivity index (χ2v) is 7.19. The van der Waals surface area contributed by atoms with E-state index in [0.29, 0.717) is 11.5 Å². The Kier molecular flexibility index (Phi) is 6.32. The van der Waals surface area contributed by atoms with E-state index in [1.54, 1.807) is 6.92 Å². The average Bonchev–Trinajstić information content (AvgIpc) is 2.66. The molecule has 3 unspecified atom stereocenters. The highest BCUT2D eigenvalue weighted by atomic mass is 16.6. The molecule has 2 aromatic carbocycles. The monoisotopic (exact) mass is 368 g/mol. The fourth-order valence-electron chi connectivity index (χ4n) is 3.34.